The molecular formula is C11H14BrNO3. The van der Waals surface area contributed by atoms with Crippen LogP contribution in [-0.2, 0) is 0 Å². The van der Waals surface area contributed by atoms with Crippen molar-refractivity contribution in [3.63, 3.8) is 0 Å². The SMILES string of the molecule is COc1ccc(C(=O)NCCCBr)c(O)c1. The summed E-state index contributed by atoms with van der Waals surface area (Å²) in [6.07, 6.45) is 0.850. The van der Waals surface area contributed by atoms with Crippen molar-refractivity contribution in [1.29, 1.82) is 0 Å². The molecule has 1 aromatic rings. The smallest absolute Gasteiger partial charge is 0.255 e. The number of halogens is 1. The molecular weight excluding hydrogens is 274 g/mol. The van der Waals surface area contributed by atoms with Crippen molar-refractivity contribution in [3.8, 4) is 11.5 Å². The maximum absolute atomic E-state index is 11.6. The maximum atomic E-state index is 11.6. The summed E-state index contributed by atoms with van der Waals surface area (Å²) >= 11 is 3.27. The molecule has 0 aliphatic heterocycles. The lowest BCUT2D eigenvalue weighted by molar-refractivity contribution is 0.0951. The second-order valence-electron chi connectivity index (χ2n) is 3.18. The molecule has 5 heteroatoms. The van der Waals surface area contributed by atoms with E-state index in [2.05, 4.69) is 21.2 Å². The third-order valence-corrected chi connectivity index (χ3v) is 2.61. The Morgan fingerprint density at radius 1 is 1.56 bits per heavy atom. The van der Waals surface area contributed by atoms with E-state index >= 15 is 0 Å². The molecule has 0 fully saturated rings. The Kier molecular flexibility index (Phi) is 5.11. The monoisotopic (exact) mass is 287 g/mol. The van der Waals surface area contributed by atoms with E-state index in [0.29, 0.717) is 12.3 Å². The van der Waals surface area contributed by atoms with E-state index in [1.807, 2.05) is 0 Å². The van der Waals surface area contributed by atoms with Gasteiger partial charge in [-0.2, -0.15) is 0 Å². The molecule has 0 heterocycles. The largest absolute Gasteiger partial charge is 0.507 e. The van der Waals surface area contributed by atoms with Crippen molar-refractivity contribution < 1.29 is 14.6 Å². The predicted octanol–water partition coefficient (Wildman–Crippen LogP) is 1.92. The first-order chi connectivity index (χ1) is 7.69. The number of amides is 1. The third kappa shape index (κ3) is 3.41. The first-order valence-electron chi connectivity index (χ1n) is 4.90. The molecule has 1 amide bonds. The fourth-order valence-corrected chi connectivity index (χ4v) is 1.47. The summed E-state index contributed by atoms with van der Waals surface area (Å²) in [6, 6.07) is 4.59. The number of ether oxygens (including phenoxy) is 1. The van der Waals surface area contributed by atoms with Gasteiger partial charge in [0.1, 0.15) is 11.5 Å². The molecule has 2 N–H and O–H groups in total. The number of phenolic OH excluding ortho intramolecular Hbond substituents is 1. The van der Waals surface area contributed by atoms with E-state index < -0.39 is 0 Å². The third-order valence-electron chi connectivity index (χ3n) is 2.05. The summed E-state index contributed by atoms with van der Waals surface area (Å²) in [7, 11) is 1.50. The summed E-state index contributed by atoms with van der Waals surface area (Å²) in [5.41, 5.74) is 0.260. The van der Waals surface area contributed by atoms with Crippen LogP contribution in [0.4, 0.5) is 0 Å². The van der Waals surface area contributed by atoms with E-state index in [1.165, 1.54) is 19.2 Å². The molecule has 0 atom stereocenters. The van der Waals surface area contributed by atoms with Crippen LogP contribution in [0.1, 0.15) is 16.8 Å². The number of hydrogen-bond donors (Lipinski definition) is 2. The number of hydrogen-bond acceptors (Lipinski definition) is 3. The van der Waals surface area contributed by atoms with E-state index in [1.54, 1.807) is 6.07 Å². The van der Waals surface area contributed by atoms with Crippen LogP contribution in [0, 0.1) is 0 Å². The van der Waals surface area contributed by atoms with Gasteiger partial charge in [0.25, 0.3) is 5.91 Å². The van der Waals surface area contributed by atoms with Crippen molar-refractivity contribution >= 4 is 21.8 Å². The fourth-order valence-electron chi connectivity index (χ4n) is 1.19. The van der Waals surface area contributed by atoms with Crippen LogP contribution in [0.3, 0.4) is 0 Å². The van der Waals surface area contributed by atoms with E-state index in [-0.39, 0.29) is 17.2 Å². The Bertz CT molecular complexity index is 368. The van der Waals surface area contributed by atoms with Gasteiger partial charge in [-0.3, -0.25) is 4.79 Å². The first kappa shape index (κ1) is 12.8. The van der Waals surface area contributed by atoms with Crippen LogP contribution >= 0.6 is 15.9 Å². The Morgan fingerprint density at radius 3 is 2.88 bits per heavy atom. The van der Waals surface area contributed by atoms with E-state index in [4.69, 9.17) is 4.74 Å². The Hall–Kier alpha value is -1.23. The lowest BCUT2D eigenvalue weighted by Crippen LogP contribution is -2.24. The lowest BCUT2D eigenvalue weighted by atomic mass is 10.2. The average Bonchev–Trinajstić information content (AvgIpc) is 2.29. The van der Waals surface area contributed by atoms with Gasteiger partial charge >= 0.3 is 0 Å². The number of benzene rings is 1. The number of carbonyl (C=O) groups excluding carboxylic acids is 1. The summed E-state index contributed by atoms with van der Waals surface area (Å²) < 4.78 is 4.93. The summed E-state index contributed by atoms with van der Waals surface area (Å²) in [5, 5.41) is 13.1. The van der Waals surface area contributed by atoms with Crippen molar-refractivity contribution in [3.05, 3.63) is 23.8 Å². The number of alkyl halides is 1. The minimum atomic E-state index is -0.277. The van der Waals surface area contributed by atoms with Crippen LogP contribution in [0.5, 0.6) is 11.5 Å². The second kappa shape index (κ2) is 6.37. The van der Waals surface area contributed by atoms with Crippen LogP contribution < -0.4 is 10.1 Å². The predicted molar refractivity (Wildman–Crippen MR) is 65.4 cm³/mol. The van der Waals surface area contributed by atoms with Crippen LogP contribution in [0.15, 0.2) is 18.2 Å². The van der Waals surface area contributed by atoms with Gasteiger partial charge in [0.15, 0.2) is 0 Å². The summed E-state index contributed by atoms with van der Waals surface area (Å²) in [6.45, 7) is 0.579. The molecule has 88 valence electrons. The Labute approximate surface area is 103 Å². The van der Waals surface area contributed by atoms with Crippen LogP contribution in [0.2, 0.25) is 0 Å². The van der Waals surface area contributed by atoms with Crippen molar-refractivity contribution in [2.45, 2.75) is 6.42 Å². The molecule has 0 radical (unpaired) electrons. The standard InChI is InChI=1S/C11H14BrNO3/c1-16-8-3-4-9(10(14)7-8)11(15)13-6-2-5-12/h3-4,7,14H,2,5-6H2,1H3,(H,13,15). The molecule has 0 saturated carbocycles. The number of nitrogens with one attached hydrogen (secondary N) is 1. The normalized spacial score (nSPS) is 9.88. The van der Waals surface area contributed by atoms with Crippen LogP contribution in [0.25, 0.3) is 0 Å². The molecule has 0 unspecified atom stereocenters. The molecule has 0 spiro atoms. The quantitative estimate of drug-likeness (QED) is 0.643. The van der Waals surface area contributed by atoms with Gasteiger partial charge in [0.05, 0.1) is 12.7 Å². The van der Waals surface area contributed by atoms with E-state index in [9.17, 15) is 9.90 Å². The fraction of sp³-hybridized carbons (Fsp3) is 0.364. The zero-order valence-corrected chi connectivity index (χ0v) is 10.6. The summed E-state index contributed by atoms with van der Waals surface area (Å²) in [4.78, 5) is 11.6. The highest BCUT2D eigenvalue weighted by Gasteiger charge is 2.10. The van der Waals surface area contributed by atoms with Crippen molar-refractivity contribution in [1.82, 2.24) is 5.32 Å². The number of rotatable bonds is 5. The van der Waals surface area contributed by atoms with Gasteiger partial charge in [-0.15, -0.1) is 0 Å². The highest BCUT2D eigenvalue weighted by atomic mass is 79.9. The minimum Gasteiger partial charge on any atom is -0.507 e. The molecule has 0 aliphatic carbocycles. The zero-order chi connectivity index (χ0) is 12.0. The highest BCUT2D eigenvalue weighted by molar-refractivity contribution is 9.09. The highest BCUT2D eigenvalue weighted by Crippen LogP contribution is 2.23. The number of aromatic hydroxyl groups is 1. The number of methoxy groups -OCH3 is 1. The van der Waals surface area contributed by atoms with Gasteiger partial charge < -0.3 is 15.2 Å². The lowest BCUT2D eigenvalue weighted by Gasteiger charge is -2.07. The van der Waals surface area contributed by atoms with E-state index in [0.717, 1.165) is 11.8 Å². The Balaban J connectivity index is 2.68. The van der Waals surface area contributed by atoms with Gasteiger partial charge in [-0.25, -0.2) is 0 Å². The minimum absolute atomic E-state index is 0.0734. The molecule has 16 heavy (non-hydrogen) atoms. The van der Waals surface area contributed by atoms with Gasteiger partial charge in [-0.1, -0.05) is 15.9 Å². The first-order valence-corrected chi connectivity index (χ1v) is 6.02. The van der Waals surface area contributed by atoms with Gasteiger partial charge in [0, 0.05) is 17.9 Å². The van der Waals surface area contributed by atoms with Crippen LogP contribution in [-0.4, -0.2) is 30.0 Å². The second-order valence-corrected chi connectivity index (χ2v) is 3.97. The Morgan fingerprint density at radius 2 is 2.31 bits per heavy atom. The average molecular weight is 288 g/mol. The van der Waals surface area contributed by atoms with Crippen molar-refractivity contribution in [2.24, 2.45) is 0 Å². The number of phenols is 1. The topological polar surface area (TPSA) is 58.6 Å². The molecule has 0 aromatic heterocycles. The molecule has 0 bridgehead atoms. The van der Waals surface area contributed by atoms with Gasteiger partial charge in [-0.05, 0) is 18.6 Å². The maximum Gasteiger partial charge on any atom is 0.255 e. The molecule has 1 aromatic carbocycles. The molecule has 1 rings (SSSR count). The molecule has 0 saturated heterocycles. The van der Waals surface area contributed by atoms with Gasteiger partial charge in [0.2, 0.25) is 0 Å². The van der Waals surface area contributed by atoms with Crippen molar-refractivity contribution in [2.75, 3.05) is 19.0 Å². The molecule has 4 nitrogen and oxygen atoms in total. The zero-order valence-electron chi connectivity index (χ0n) is 9.00. The summed E-state index contributed by atoms with van der Waals surface area (Å²) in [5.74, 6) is 0.173. The molecule has 0 aliphatic rings. The number of carbonyl (C=O) groups is 1.